The molecule has 1 aromatic heterocycles. The van der Waals surface area contributed by atoms with Crippen molar-refractivity contribution >= 4 is 21.8 Å². The van der Waals surface area contributed by atoms with Crippen molar-refractivity contribution in [3.63, 3.8) is 0 Å². The highest BCUT2D eigenvalue weighted by Crippen LogP contribution is 2.19. The number of aromatic nitrogens is 1. The van der Waals surface area contributed by atoms with Crippen molar-refractivity contribution in [3.8, 4) is 0 Å². The molecule has 0 spiro atoms. The summed E-state index contributed by atoms with van der Waals surface area (Å²) >= 11 is 3.59. The molecule has 92 valence electrons. The van der Waals surface area contributed by atoms with Gasteiger partial charge in [0, 0.05) is 23.6 Å². The van der Waals surface area contributed by atoms with E-state index in [9.17, 15) is 4.79 Å². The first-order valence-electron chi connectivity index (χ1n) is 5.95. The second-order valence-electron chi connectivity index (χ2n) is 4.58. The normalized spacial score (nSPS) is 20.4. The first kappa shape index (κ1) is 12.6. The number of alkyl halides is 1. The van der Waals surface area contributed by atoms with E-state index in [1.165, 1.54) is 0 Å². The van der Waals surface area contributed by atoms with E-state index in [1.54, 1.807) is 0 Å². The van der Waals surface area contributed by atoms with Gasteiger partial charge in [-0.1, -0.05) is 15.9 Å². The minimum absolute atomic E-state index is 0.110. The van der Waals surface area contributed by atoms with Crippen LogP contribution in [-0.4, -0.2) is 33.7 Å². The van der Waals surface area contributed by atoms with Crippen LogP contribution in [0, 0.1) is 13.8 Å². The molecular weight excluding hydrogens is 280 g/mol. The maximum Gasteiger partial charge on any atom is 0.255 e. The lowest BCUT2D eigenvalue weighted by Crippen LogP contribution is -2.40. The summed E-state index contributed by atoms with van der Waals surface area (Å²) in [5.74, 6) is 0.110. The fourth-order valence-electron chi connectivity index (χ4n) is 2.19. The Balaban J connectivity index is 2.18. The Hall–Kier alpha value is -0.900. The van der Waals surface area contributed by atoms with Gasteiger partial charge in [0.2, 0.25) is 0 Å². The van der Waals surface area contributed by atoms with Crippen LogP contribution < -0.4 is 0 Å². The molecule has 1 aliphatic heterocycles. The van der Waals surface area contributed by atoms with Crippen LogP contribution >= 0.6 is 15.9 Å². The van der Waals surface area contributed by atoms with Crippen LogP contribution in [0.3, 0.4) is 0 Å². The van der Waals surface area contributed by atoms with Crippen molar-refractivity contribution < 1.29 is 4.79 Å². The second kappa shape index (κ2) is 5.17. The second-order valence-corrected chi connectivity index (χ2v) is 5.87. The van der Waals surface area contributed by atoms with Crippen LogP contribution in [0.5, 0.6) is 0 Å². The van der Waals surface area contributed by atoms with Crippen molar-refractivity contribution in [1.82, 2.24) is 9.88 Å². The van der Waals surface area contributed by atoms with E-state index < -0.39 is 0 Å². The van der Waals surface area contributed by atoms with E-state index >= 15 is 0 Å². The van der Waals surface area contributed by atoms with E-state index in [0.29, 0.717) is 4.83 Å². The molecular formula is C13H17BrN2O. The number of hydrogen-bond acceptors (Lipinski definition) is 2. The molecule has 1 aliphatic rings. The Morgan fingerprint density at radius 2 is 2.24 bits per heavy atom. The van der Waals surface area contributed by atoms with Crippen LogP contribution in [0.2, 0.25) is 0 Å². The molecule has 2 rings (SSSR count). The molecule has 1 atom stereocenters. The molecule has 1 unspecified atom stereocenters. The minimum atomic E-state index is 0.110. The summed E-state index contributed by atoms with van der Waals surface area (Å²) in [7, 11) is 0. The van der Waals surface area contributed by atoms with Gasteiger partial charge in [0.15, 0.2) is 0 Å². The maximum absolute atomic E-state index is 12.3. The summed E-state index contributed by atoms with van der Waals surface area (Å²) in [6, 6.07) is 3.79. The quantitative estimate of drug-likeness (QED) is 0.747. The zero-order valence-corrected chi connectivity index (χ0v) is 11.8. The molecule has 1 amide bonds. The number of halogens is 1. The van der Waals surface area contributed by atoms with E-state index in [1.807, 2.05) is 30.9 Å². The van der Waals surface area contributed by atoms with Gasteiger partial charge in [-0.3, -0.25) is 9.78 Å². The molecule has 2 heterocycles. The lowest BCUT2D eigenvalue weighted by molar-refractivity contribution is 0.0728. The number of carbonyl (C=O) groups is 1. The number of pyridine rings is 1. The fraction of sp³-hybridized carbons (Fsp3) is 0.538. The third-order valence-corrected chi connectivity index (χ3v) is 3.85. The molecule has 1 saturated heterocycles. The highest BCUT2D eigenvalue weighted by atomic mass is 79.9. The average Bonchev–Trinajstić information content (AvgIpc) is 2.28. The summed E-state index contributed by atoms with van der Waals surface area (Å²) in [5, 5.41) is 0. The standard InChI is InChI=1S/C13H17BrN2O/c1-9-5-6-12(10(2)15-9)13(17)16-7-3-4-11(14)8-16/h5-6,11H,3-4,7-8H2,1-2H3. The first-order valence-corrected chi connectivity index (χ1v) is 6.87. The highest BCUT2D eigenvalue weighted by Gasteiger charge is 2.24. The minimum Gasteiger partial charge on any atom is -0.337 e. The number of aryl methyl sites for hydroxylation is 2. The molecule has 1 aromatic rings. The molecule has 17 heavy (non-hydrogen) atoms. The molecule has 3 nitrogen and oxygen atoms in total. The first-order chi connectivity index (χ1) is 8.08. The number of piperidine rings is 1. The Kier molecular flexibility index (Phi) is 3.82. The van der Waals surface area contributed by atoms with Crippen LogP contribution in [0.15, 0.2) is 12.1 Å². The van der Waals surface area contributed by atoms with E-state index in [4.69, 9.17) is 0 Å². The van der Waals surface area contributed by atoms with Crippen molar-refractivity contribution in [3.05, 3.63) is 29.1 Å². The zero-order valence-electron chi connectivity index (χ0n) is 10.2. The SMILES string of the molecule is Cc1ccc(C(=O)N2CCCC(Br)C2)c(C)n1. The van der Waals surface area contributed by atoms with Gasteiger partial charge in [0.1, 0.15) is 0 Å². The molecule has 0 aliphatic carbocycles. The maximum atomic E-state index is 12.3. The Morgan fingerprint density at radius 1 is 1.47 bits per heavy atom. The van der Waals surface area contributed by atoms with E-state index in [0.717, 1.165) is 42.9 Å². The summed E-state index contributed by atoms with van der Waals surface area (Å²) in [6.07, 6.45) is 2.22. The summed E-state index contributed by atoms with van der Waals surface area (Å²) in [6.45, 7) is 5.49. The molecule has 0 saturated carbocycles. The number of hydrogen-bond donors (Lipinski definition) is 0. The monoisotopic (exact) mass is 296 g/mol. The van der Waals surface area contributed by atoms with Crippen molar-refractivity contribution in [2.24, 2.45) is 0 Å². The van der Waals surface area contributed by atoms with Gasteiger partial charge in [-0.05, 0) is 38.8 Å². The van der Waals surface area contributed by atoms with Gasteiger partial charge in [-0.15, -0.1) is 0 Å². The van der Waals surface area contributed by atoms with Crippen molar-refractivity contribution in [1.29, 1.82) is 0 Å². The number of nitrogens with zero attached hydrogens (tertiary/aromatic N) is 2. The third-order valence-electron chi connectivity index (χ3n) is 3.11. The van der Waals surface area contributed by atoms with E-state index in [-0.39, 0.29) is 5.91 Å². The molecule has 4 heteroatoms. The Morgan fingerprint density at radius 3 is 2.88 bits per heavy atom. The fourth-order valence-corrected chi connectivity index (χ4v) is 2.87. The number of carbonyl (C=O) groups excluding carboxylic acids is 1. The van der Waals surface area contributed by atoms with Gasteiger partial charge >= 0.3 is 0 Å². The third kappa shape index (κ3) is 2.86. The molecule has 0 radical (unpaired) electrons. The number of amides is 1. The van der Waals surface area contributed by atoms with Crippen LogP contribution in [-0.2, 0) is 0 Å². The van der Waals surface area contributed by atoms with Crippen LogP contribution in [0.25, 0.3) is 0 Å². The number of likely N-dealkylation sites (tertiary alicyclic amines) is 1. The average molecular weight is 297 g/mol. The molecule has 0 aromatic carbocycles. The van der Waals surface area contributed by atoms with Crippen LogP contribution in [0.4, 0.5) is 0 Å². The predicted molar refractivity (Wildman–Crippen MR) is 71.6 cm³/mol. The van der Waals surface area contributed by atoms with Gasteiger partial charge in [0.25, 0.3) is 5.91 Å². The Bertz CT molecular complexity index is 433. The van der Waals surface area contributed by atoms with Gasteiger partial charge < -0.3 is 4.90 Å². The van der Waals surface area contributed by atoms with Crippen molar-refractivity contribution in [2.45, 2.75) is 31.5 Å². The smallest absolute Gasteiger partial charge is 0.255 e. The number of rotatable bonds is 1. The molecule has 1 fully saturated rings. The molecule has 0 bridgehead atoms. The predicted octanol–water partition coefficient (Wildman–Crippen LogP) is 2.70. The topological polar surface area (TPSA) is 33.2 Å². The van der Waals surface area contributed by atoms with Gasteiger partial charge in [-0.25, -0.2) is 0 Å². The summed E-state index contributed by atoms with van der Waals surface area (Å²) < 4.78 is 0. The highest BCUT2D eigenvalue weighted by molar-refractivity contribution is 9.09. The lowest BCUT2D eigenvalue weighted by atomic mass is 10.1. The zero-order chi connectivity index (χ0) is 12.4. The lowest BCUT2D eigenvalue weighted by Gasteiger charge is -2.30. The summed E-state index contributed by atoms with van der Waals surface area (Å²) in [4.78, 5) is 19.0. The molecule has 0 N–H and O–H groups in total. The summed E-state index contributed by atoms with van der Waals surface area (Å²) in [5.41, 5.74) is 2.51. The van der Waals surface area contributed by atoms with Crippen molar-refractivity contribution in [2.75, 3.05) is 13.1 Å². The Labute approximate surface area is 110 Å². The van der Waals surface area contributed by atoms with Gasteiger partial charge in [-0.2, -0.15) is 0 Å². The van der Waals surface area contributed by atoms with Crippen LogP contribution in [0.1, 0.15) is 34.6 Å². The largest absolute Gasteiger partial charge is 0.337 e. The van der Waals surface area contributed by atoms with Gasteiger partial charge in [0.05, 0.1) is 11.3 Å². The van der Waals surface area contributed by atoms with E-state index in [2.05, 4.69) is 20.9 Å².